The quantitative estimate of drug-likeness (QED) is 0.206. The molecule has 1 saturated carbocycles. The zero-order valence-electron chi connectivity index (χ0n) is 26.3. The number of ether oxygens (including phenoxy) is 2. The minimum atomic E-state index is -5.34. The number of hydrogen-bond donors (Lipinski definition) is 3. The molecule has 3 N–H and O–H groups in total. The monoisotopic (exact) mass is 666 g/mol. The van der Waals surface area contributed by atoms with Crippen LogP contribution in [0, 0.1) is 5.82 Å². The summed E-state index contributed by atoms with van der Waals surface area (Å²) in [6.45, 7) is 0.0505. The van der Waals surface area contributed by atoms with Gasteiger partial charge in [-0.15, -0.1) is 0 Å². The molecule has 0 saturated heterocycles. The predicted molar refractivity (Wildman–Crippen MR) is 168 cm³/mol. The van der Waals surface area contributed by atoms with Crippen LogP contribution in [-0.4, -0.2) is 59.4 Å². The van der Waals surface area contributed by atoms with Gasteiger partial charge >= 0.3 is 6.18 Å². The van der Waals surface area contributed by atoms with Crippen molar-refractivity contribution in [3.05, 3.63) is 83.4 Å². The Bertz CT molecular complexity index is 1860. The molecule has 0 spiro atoms. The fraction of sp³-hybridized carbons (Fsp3) is 0.371. The van der Waals surface area contributed by atoms with Crippen LogP contribution in [0.25, 0.3) is 22.2 Å². The van der Waals surface area contributed by atoms with Gasteiger partial charge in [0, 0.05) is 34.3 Å². The second kappa shape index (κ2) is 12.7. The first kappa shape index (κ1) is 33.1. The highest BCUT2D eigenvalue weighted by Gasteiger charge is 2.58. The standard InChI is InChI=1S/C35H34F4N4O5/c1-33(32(45)42-24-8-4-3-5-9-24)19-48-30-25(33)17-27(43-29(30)20-10-12-23(36)13-11-20)34(46,35(37,38)39)18-41-31(44)22-15-21-7-6-14-40-28(21)26(16-22)47-2/h6-7,10-17,24,46H,3-5,8-9,18-19H2,1-2H3,(H,41,44)(H,42,45)/t33-,34-/m0/s1. The van der Waals surface area contributed by atoms with Crippen LogP contribution in [-0.2, 0) is 15.8 Å². The highest BCUT2D eigenvalue weighted by atomic mass is 19.4. The average Bonchev–Trinajstić information content (AvgIpc) is 3.43. The third kappa shape index (κ3) is 6.02. The number of rotatable bonds is 8. The van der Waals surface area contributed by atoms with Crippen molar-refractivity contribution in [3.8, 4) is 22.8 Å². The van der Waals surface area contributed by atoms with Crippen molar-refractivity contribution >= 4 is 22.7 Å². The molecule has 3 heterocycles. The van der Waals surface area contributed by atoms with E-state index >= 15 is 0 Å². The molecule has 1 aliphatic heterocycles. The molecule has 2 aromatic heterocycles. The SMILES string of the molecule is COc1cc(C(=O)NC[C@](O)(c2cc3c(c(-c4ccc(F)cc4)n2)OC[C@]3(C)C(=O)NC2CCCCC2)C(F)(F)F)cc2cccnc12. The maximum atomic E-state index is 14.9. The molecule has 48 heavy (non-hydrogen) atoms. The molecular weight excluding hydrogens is 632 g/mol. The molecule has 0 unspecified atom stereocenters. The molecule has 0 radical (unpaired) electrons. The largest absolute Gasteiger partial charge is 0.494 e. The lowest BCUT2D eigenvalue weighted by Crippen LogP contribution is -2.52. The van der Waals surface area contributed by atoms with Gasteiger partial charge in [-0.2, -0.15) is 13.2 Å². The van der Waals surface area contributed by atoms with Crippen LogP contribution in [0.2, 0.25) is 0 Å². The minimum Gasteiger partial charge on any atom is -0.494 e. The molecule has 9 nitrogen and oxygen atoms in total. The van der Waals surface area contributed by atoms with Gasteiger partial charge in [0.15, 0.2) is 0 Å². The first-order valence-electron chi connectivity index (χ1n) is 15.6. The molecule has 6 rings (SSSR count). The number of aliphatic hydroxyl groups is 1. The normalized spacial score (nSPS) is 19.2. The van der Waals surface area contributed by atoms with Gasteiger partial charge in [0.1, 0.15) is 40.5 Å². The van der Waals surface area contributed by atoms with Gasteiger partial charge in [0.25, 0.3) is 5.91 Å². The number of amides is 2. The van der Waals surface area contributed by atoms with E-state index in [2.05, 4.69) is 20.6 Å². The molecule has 2 aromatic carbocycles. The van der Waals surface area contributed by atoms with Gasteiger partial charge in [-0.3, -0.25) is 14.6 Å². The van der Waals surface area contributed by atoms with E-state index in [4.69, 9.17) is 9.47 Å². The number of pyridine rings is 2. The van der Waals surface area contributed by atoms with Gasteiger partial charge in [-0.05, 0) is 68.3 Å². The van der Waals surface area contributed by atoms with E-state index in [-0.39, 0.29) is 46.5 Å². The van der Waals surface area contributed by atoms with Crippen LogP contribution in [0.1, 0.15) is 60.6 Å². The fourth-order valence-electron chi connectivity index (χ4n) is 6.27. The van der Waals surface area contributed by atoms with Crippen LogP contribution in [0.15, 0.2) is 60.8 Å². The van der Waals surface area contributed by atoms with Gasteiger partial charge < -0.3 is 25.2 Å². The number of benzene rings is 2. The number of halogens is 4. The van der Waals surface area contributed by atoms with E-state index < -0.39 is 47.1 Å². The maximum absolute atomic E-state index is 14.9. The van der Waals surface area contributed by atoms with Crippen molar-refractivity contribution in [1.29, 1.82) is 0 Å². The van der Waals surface area contributed by atoms with Crippen molar-refractivity contribution in [1.82, 2.24) is 20.6 Å². The van der Waals surface area contributed by atoms with E-state index in [0.29, 0.717) is 10.9 Å². The van der Waals surface area contributed by atoms with Crippen molar-refractivity contribution in [2.24, 2.45) is 0 Å². The lowest BCUT2D eigenvalue weighted by atomic mass is 9.81. The highest BCUT2D eigenvalue weighted by molar-refractivity contribution is 6.00. The summed E-state index contributed by atoms with van der Waals surface area (Å²) in [6.07, 6.45) is 0.718. The van der Waals surface area contributed by atoms with Crippen molar-refractivity contribution in [2.45, 2.75) is 62.3 Å². The Kier molecular flexibility index (Phi) is 8.75. The Labute approximate surface area is 273 Å². The summed E-state index contributed by atoms with van der Waals surface area (Å²) in [5.41, 5.74) is -5.41. The Hall–Kier alpha value is -4.78. The van der Waals surface area contributed by atoms with Crippen molar-refractivity contribution in [2.75, 3.05) is 20.3 Å². The maximum Gasteiger partial charge on any atom is 0.424 e. The number of methoxy groups -OCH3 is 1. The second-order valence-corrected chi connectivity index (χ2v) is 12.5. The molecule has 1 fully saturated rings. The summed E-state index contributed by atoms with van der Waals surface area (Å²) >= 11 is 0. The van der Waals surface area contributed by atoms with Crippen LogP contribution in [0.4, 0.5) is 17.6 Å². The van der Waals surface area contributed by atoms with Gasteiger partial charge in [0.2, 0.25) is 11.5 Å². The number of carbonyl (C=O) groups excluding carboxylic acids is 2. The summed E-state index contributed by atoms with van der Waals surface area (Å²) in [5, 5.41) is 17.2. The Balaban J connectivity index is 1.40. The number of carbonyl (C=O) groups is 2. The van der Waals surface area contributed by atoms with Crippen molar-refractivity contribution in [3.63, 3.8) is 0 Å². The van der Waals surface area contributed by atoms with E-state index in [1.165, 1.54) is 37.6 Å². The smallest absolute Gasteiger partial charge is 0.424 e. The fourth-order valence-corrected chi connectivity index (χ4v) is 6.27. The van der Waals surface area contributed by atoms with E-state index in [1.54, 1.807) is 19.1 Å². The summed E-state index contributed by atoms with van der Waals surface area (Å²) in [7, 11) is 1.37. The number of alkyl halides is 3. The third-order valence-electron chi connectivity index (χ3n) is 9.18. The minimum absolute atomic E-state index is 0.0221. The number of hydrogen-bond acceptors (Lipinski definition) is 7. The van der Waals surface area contributed by atoms with E-state index in [0.717, 1.165) is 50.3 Å². The van der Waals surface area contributed by atoms with Crippen LogP contribution in [0.3, 0.4) is 0 Å². The summed E-state index contributed by atoms with van der Waals surface area (Å²) in [5.74, 6) is -1.64. The first-order valence-corrected chi connectivity index (χ1v) is 15.6. The Morgan fingerprint density at radius 3 is 2.50 bits per heavy atom. The Morgan fingerprint density at radius 1 is 1.08 bits per heavy atom. The zero-order chi connectivity index (χ0) is 34.3. The Morgan fingerprint density at radius 2 is 1.81 bits per heavy atom. The number of fused-ring (bicyclic) bond motifs is 2. The molecule has 4 aromatic rings. The number of nitrogens with zero attached hydrogens (tertiary/aromatic N) is 2. The van der Waals surface area contributed by atoms with Gasteiger partial charge in [-0.1, -0.05) is 25.3 Å². The van der Waals surface area contributed by atoms with Gasteiger partial charge in [0.05, 0.1) is 19.3 Å². The first-order chi connectivity index (χ1) is 22.8. The topological polar surface area (TPSA) is 123 Å². The molecular formula is C35H34F4N4O5. The van der Waals surface area contributed by atoms with Crippen LogP contribution >= 0.6 is 0 Å². The van der Waals surface area contributed by atoms with Crippen molar-refractivity contribution < 1.29 is 41.7 Å². The number of nitrogens with one attached hydrogen (secondary N) is 2. The van der Waals surface area contributed by atoms with Gasteiger partial charge in [-0.25, -0.2) is 9.37 Å². The molecule has 2 aliphatic rings. The molecule has 1 aliphatic carbocycles. The highest BCUT2D eigenvalue weighted by Crippen LogP contribution is 2.48. The van der Waals surface area contributed by atoms with E-state index in [9.17, 15) is 32.3 Å². The summed E-state index contributed by atoms with van der Waals surface area (Å²) in [4.78, 5) is 35.4. The second-order valence-electron chi connectivity index (χ2n) is 12.5. The summed E-state index contributed by atoms with van der Waals surface area (Å²) in [6, 6.07) is 11.9. The lowest BCUT2D eigenvalue weighted by molar-refractivity contribution is -0.265. The zero-order valence-corrected chi connectivity index (χ0v) is 26.3. The lowest BCUT2D eigenvalue weighted by Gasteiger charge is -2.32. The molecule has 2 amide bonds. The number of aromatic nitrogens is 2. The third-order valence-corrected chi connectivity index (χ3v) is 9.18. The molecule has 252 valence electrons. The van der Waals surface area contributed by atoms with Crippen LogP contribution < -0.4 is 20.1 Å². The van der Waals surface area contributed by atoms with E-state index in [1.807, 2.05) is 0 Å². The molecule has 2 atom stereocenters. The predicted octanol–water partition coefficient (Wildman–Crippen LogP) is 5.72. The average molecular weight is 667 g/mol. The summed E-state index contributed by atoms with van der Waals surface area (Å²) < 4.78 is 69.9. The molecule has 0 bridgehead atoms. The molecule has 13 heteroatoms. The van der Waals surface area contributed by atoms with Crippen LogP contribution in [0.5, 0.6) is 11.5 Å².